The number of thioether (sulfide) groups is 1. The molecule has 5 heteroatoms. The van der Waals surface area contributed by atoms with Gasteiger partial charge >= 0.3 is 6.18 Å². The van der Waals surface area contributed by atoms with Crippen LogP contribution in [0.4, 0.5) is 13.2 Å². The van der Waals surface area contributed by atoms with Crippen molar-refractivity contribution in [2.75, 3.05) is 0 Å². The summed E-state index contributed by atoms with van der Waals surface area (Å²) in [5, 5.41) is 0.248. The summed E-state index contributed by atoms with van der Waals surface area (Å²) in [6, 6.07) is 3.82. The van der Waals surface area contributed by atoms with E-state index in [4.69, 9.17) is 0 Å². The maximum absolute atomic E-state index is 12.7. The molecule has 0 saturated carbocycles. The summed E-state index contributed by atoms with van der Waals surface area (Å²) >= 11 is 1.38. The molecule has 1 nitrogen and oxygen atoms in total. The lowest BCUT2D eigenvalue weighted by molar-refractivity contribution is -0.138. The van der Waals surface area contributed by atoms with Gasteiger partial charge in [-0.1, -0.05) is 13.8 Å². The van der Waals surface area contributed by atoms with E-state index in [9.17, 15) is 18.0 Å². The van der Waals surface area contributed by atoms with Crippen LogP contribution < -0.4 is 0 Å². The molecule has 0 radical (unpaired) electrons. The Bertz CT molecular complexity index is 401. The topological polar surface area (TPSA) is 17.1 Å². The molecule has 0 fully saturated rings. The molecule has 1 atom stereocenters. The molecule has 17 heavy (non-hydrogen) atoms. The van der Waals surface area contributed by atoms with Gasteiger partial charge in [0.05, 0.1) is 5.56 Å². The average molecular weight is 262 g/mol. The maximum atomic E-state index is 12.7. The van der Waals surface area contributed by atoms with Crippen molar-refractivity contribution < 1.29 is 18.0 Å². The smallest absolute Gasteiger partial charge is 0.298 e. The predicted molar refractivity (Wildman–Crippen MR) is 62.4 cm³/mol. The summed E-state index contributed by atoms with van der Waals surface area (Å²) in [5.41, 5.74) is -1.17. The number of carbonyl (C=O) groups excluding carboxylic acids is 1. The Morgan fingerprint density at radius 1 is 1.41 bits per heavy atom. The van der Waals surface area contributed by atoms with Gasteiger partial charge in [-0.25, -0.2) is 0 Å². The number of hydrogen-bond donors (Lipinski definition) is 0. The number of alkyl halides is 3. The summed E-state index contributed by atoms with van der Waals surface area (Å²) in [6.07, 6.45) is -3.37. The molecule has 1 rings (SSSR count). The molecule has 0 bridgehead atoms. The molecule has 0 aliphatic rings. The van der Waals surface area contributed by atoms with Crippen LogP contribution in [0.1, 0.15) is 36.2 Å². The van der Waals surface area contributed by atoms with Gasteiger partial charge in [-0.15, -0.1) is 11.8 Å². The van der Waals surface area contributed by atoms with Crippen molar-refractivity contribution in [2.24, 2.45) is 0 Å². The Morgan fingerprint density at radius 3 is 2.53 bits per heavy atom. The third-order valence-corrected chi connectivity index (χ3v) is 3.63. The Balaban J connectivity index is 3.09. The summed E-state index contributed by atoms with van der Waals surface area (Å²) in [4.78, 5) is 11.1. The van der Waals surface area contributed by atoms with Gasteiger partial charge < -0.3 is 0 Å². The fourth-order valence-corrected chi connectivity index (χ4v) is 2.24. The Kier molecular flexibility index (Phi) is 4.62. The van der Waals surface area contributed by atoms with Crippen LogP contribution in [0.2, 0.25) is 0 Å². The fraction of sp³-hybridized carbons (Fsp3) is 0.417. The van der Waals surface area contributed by atoms with Crippen molar-refractivity contribution in [3.8, 4) is 0 Å². The van der Waals surface area contributed by atoms with Crippen molar-refractivity contribution in [2.45, 2.75) is 36.6 Å². The predicted octanol–water partition coefficient (Wildman–Crippen LogP) is 4.41. The molecule has 0 saturated heterocycles. The van der Waals surface area contributed by atoms with Gasteiger partial charge in [0, 0.05) is 15.7 Å². The normalized spacial score (nSPS) is 13.5. The molecule has 94 valence electrons. The first-order chi connectivity index (χ1) is 7.88. The van der Waals surface area contributed by atoms with Gasteiger partial charge in [0.1, 0.15) is 0 Å². The van der Waals surface area contributed by atoms with Gasteiger partial charge in [0.2, 0.25) is 0 Å². The largest absolute Gasteiger partial charge is 0.417 e. The van der Waals surface area contributed by atoms with Crippen molar-refractivity contribution in [1.82, 2.24) is 0 Å². The zero-order valence-electron chi connectivity index (χ0n) is 9.54. The van der Waals surface area contributed by atoms with Gasteiger partial charge in [0.25, 0.3) is 0 Å². The van der Waals surface area contributed by atoms with Crippen LogP contribution in [0.5, 0.6) is 0 Å². The van der Waals surface area contributed by atoms with Crippen molar-refractivity contribution in [1.29, 1.82) is 0 Å². The molecule has 0 amide bonds. The fourth-order valence-electron chi connectivity index (χ4n) is 1.27. The van der Waals surface area contributed by atoms with E-state index >= 15 is 0 Å². The van der Waals surface area contributed by atoms with E-state index in [1.54, 1.807) is 6.07 Å². The van der Waals surface area contributed by atoms with Gasteiger partial charge in [-0.3, -0.25) is 4.79 Å². The van der Waals surface area contributed by atoms with E-state index in [0.717, 1.165) is 12.5 Å². The highest BCUT2D eigenvalue weighted by Crippen LogP contribution is 2.35. The lowest BCUT2D eigenvalue weighted by atomic mass is 10.1. The first-order valence-electron chi connectivity index (χ1n) is 5.21. The zero-order valence-corrected chi connectivity index (χ0v) is 10.4. The molecule has 0 aliphatic heterocycles. The van der Waals surface area contributed by atoms with Crippen LogP contribution in [-0.2, 0) is 6.18 Å². The van der Waals surface area contributed by atoms with E-state index < -0.39 is 11.7 Å². The SMILES string of the molecule is CCC(C)Sc1ccc(C=O)c(C(F)(F)F)c1. The second kappa shape index (κ2) is 5.58. The Labute approximate surface area is 102 Å². The van der Waals surface area contributed by atoms with Crippen LogP contribution >= 0.6 is 11.8 Å². The maximum Gasteiger partial charge on any atom is 0.417 e. The van der Waals surface area contributed by atoms with Crippen molar-refractivity contribution >= 4 is 18.0 Å². The molecule has 0 N–H and O–H groups in total. The summed E-state index contributed by atoms with van der Waals surface area (Å²) in [7, 11) is 0. The summed E-state index contributed by atoms with van der Waals surface area (Å²) in [6.45, 7) is 3.92. The van der Waals surface area contributed by atoms with Crippen molar-refractivity contribution in [3.05, 3.63) is 29.3 Å². The minimum atomic E-state index is -4.48. The van der Waals surface area contributed by atoms with Crippen LogP contribution in [0, 0.1) is 0 Å². The number of hydrogen-bond acceptors (Lipinski definition) is 2. The van der Waals surface area contributed by atoms with Gasteiger partial charge in [0.15, 0.2) is 6.29 Å². The van der Waals surface area contributed by atoms with Crippen molar-refractivity contribution in [3.63, 3.8) is 0 Å². The number of rotatable bonds is 4. The number of aldehydes is 1. The third kappa shape index (κ3) is 3.77. The second-order valence-electron chi connectivity index (χ2n) is 3.70. The van der Waals surface area contributed by atoms with Crippen LogP contribution in [0.3, 0.4) is 0 Å². The summed E-state index contributed by atoms with van der Waals surface area (Å²) < 4.78 is 38.0. The quantitative estimate of drug-likeness (QED) is 0.590. The van der Waals surface area contributed by atoms with E-state index in [-0.39, 0.29) is 17.1 Å². The lowest BCUT2D eigenvalue weighted by Gasteiger charge is -2.13. The van der Waals surface area contributed by atoms with Gasteiger partial charge in [-0.05, 0) is 24.6 Å². The lowest BCUT2D eigenvalue weighted by Crippen LogP contribution is -2.09. The van der Waals surface area contributed by atoms with E-state index in [1.165, 1.54) is 17.8 Å². The molecule has 0 spiro atoms. The molecule has 0 heterocycles. The Morgan fingerprint density at radius 2 is 2.06 bits per heavy atom. The third-order valence-electron chi connectivity index (χ3n) is 2.37. The number of benzene rings is 1. The first-order valence-corrected chi connectivity index (χ1v) is 6.09. The molecule has 1 aromatic rings. The van der Waals surface area contributed by atoms with E-state index in [1.807, 2.05) is 13.8 Å². The highest BCUT2D eigenvalue weighted by atomic mass is 32.2. The monoisotopic (exact) mass is 262 g/mol. The van der Waals surface area contributed by atoms with Crippen LogP contribution in [0.25, 0.3) is 0 Å². The number of halogens is 3. The van der Waals surface area contributed by atoms with E-state index in [2.05, 4.69) is 0 Å². The zero-order chi connectivity index (χ0) is 13.1. The van der Waals surface area contributed by atoms with Crippen LogP contribution in [0.15, 0.2) is 23.1 Å². The minimum Gasteiger partial charge on any atom is -0.298 e. The average Bonchev–Trinajstić information content (AvgIpc) is 2.27. The minimum absolute atomic E-state index is 0.237. The van der Waals surface area contributed by atoms with Gasteiger partial charge in [-0.2, -0.15) is 13.2 Å². The highest BCUT2D eigenvalue weighted by Gasteiger charge is 2.33. The first kappa shape index (κ1) is 14.1. The second-order valence-corrected chi connectivity index (χ2v) is 5.21. The molecule has 1 unspecified atom stereocenters. The van der Waals surface area contributed by atoms with E-state index in [0.29, 0.717) is 4.90 Å². The molecule has 0 aliphatic carbocycles. The van der Waals surface area contributed by atoms with Crippen LogP contribution in [-0.4, -0.2) is 11.5 Å². The Hall–Kier alpha value is -0.970. The number of carbonyl (C=O) groups is 1. The molecular weight excluding hydrogens is 249 g/mol. The molecule has 1 aromatic carbocycles. The molecule has 0 aromatic heterocycles. The highest BCUT2D eigenvalue weighted by molar-refractivity contribution is 7.99. The summed E-state index contributed by atoms with van der Waals surface area (Å²) in [5.74, 6) is 0. The molecular formula is C12H13F3OS. The standard InChI is InChI=1S/C12H13F3OS/c1-3-8(2)17-10-5-4-9(7-16)11(6-10)12(13,14)15/h4-8H,3H2,1-2H3.